The Hall–Kier alpha value is -1.76. The predicted molar refractivity (Wildman–Crippen MR) is 101 cm³/mol. The number of rotatable bonds is 6. The van der Waals surface area contributed by atoms with E-state index in [0.29, 0.717) is 18.8 Å². The number of ether oxygens (including phenoxy) is 1. The van der Waals surface area contributed by atoms with E-state index in [1.807, 2.05) is 28.5 Å². The molecule has 5 nitrogen and oxygen atoms in total. The van der Waals surface area contributed by atoms with Crippen LogP contribution in [0.4, 0.5) is 0 Å². The molecule has 2 N–H and O–H groups in total. The number of likely N-dealkylation sites (tertiary alicyclic amines) is 1. The van der Waals surface area contributed by atoms with Crippen molar-refractivity contribution >= 4 is 17.2 Å². The number of hydrogen-bond acceptors (Lipinski definition) is 5. The van der Waals surface area contributed by atoms with Crippen LogP contribution in [-0.4, -0.2) is 48.1 Å². The van der Waals surface area contributed by atoms with E-state index in [-0.39, 0.29) is 12.0 Å². The summed E-state index contributed by atoms with van der Waals surface area (Å²) in [5.41, 5.74) is 8.30. The van der Waals surface area contributed by atoms with Crippen LogP contribution in [0.3, 0.4) is 0 Å². The van der Waals surface area contributed by atoms with Gasteiger partial charge >= 0.3 is 0 Å². The van der Waals surface area contributed by atoms with Gasteiger partial charge in [-0.15, -0.1) is 11.3 Å². The van der Waals surface area contributed by atoms with Crippen LogP contribution < -0.4 is 5.73 Å². The molecule has 1 aromatic heterocycles. The van der Waals surface area contributed by atoms with Gasteiger partial charge in [0.1, 0.15) is 10.7 Å². The molecule has 6 heteroatoms. The molecule has 1 aliphatic rings. The lowest BCUT2D eigenvalue weighted by Gasteiger charge is -2.31. The summed E-state index contributed by atoms with van der Waals surface area (Å²) in [6, 6.07) is 8.12. The third kappa shape index (κ3) is 4.45. The molecule has 0 radical (unpaired) electrons. The normalized spacial score (nSPS) is 15.5. The van der Waals surface area contributed by atoms with E-state index < -0.39 is 0 Å². The van der Waals surface area contributed by atoms with Crippen molar-refractivity contribution in [1.29, 1.82) is 0 Å². The van der Waals surface area contributed by atoms with Crippen LogP contribution in [0.1, 0.15) is 35.3 Å². The highest BCUT2D eigenvalue weighted by atomic mass is 32.1. The minimum Gasteiger partial charge on any atom is -0.378 e. The summed E-state index contributed by atoms with van der Waals surface area (Å²) in [7, 11) is 0. The van der Waals surface area contributed by atoms with Crippen molar-refractivity contribution in [2.45, 2.75) is 32.3 Å². The van der Waals surface area contributed by atoms with Crippen LogP contribution in [-0.2, 0) is 4.74 Å². The summed E-state index contributed by atoms with van der Waals surface area (Å²) in [4.78, 5) is 19.2. The second-order valence-corrected chi connectivity index (χ2v) is 7.22. The zero-order valence-corrected chi connectivity index (χ0v) is 15.4. The Morgan fingerprint density at radius 3 is 2.84 bits per heavy atom. The van der Waals surface area contributed by atoms with Crippen molar-refractivity contribution in [2.75, 3.05) is 26.2 Å². The minimum absolute atomic E-state index is 0.0245. The first kappa shape index (κ1) is 18.0. The first-order chi connectivity index (χ1) is 12.2. The van der Waals surface area contributed by atoms with Crippen molar-refractivity contribution in [1.82, 2.24) is 9.88 Å². The molecule has 1 aromatic carbocycles. The second-order valence-electron chi connectivity index (χ2n) is 6.36. The fourth-order valence-electron chi connectivity index (χ4n) is 3.03. The summed E-state index contributed by atoms with van der Waals surface area (Å²) in [6.07, 6.45) is 2.89. The summed E-state index contributed by atoms with van der Waals surface area (Å²) < 4.78 is 5.80. The van der Waals surface area contributed by atoms with E-state index in [1.165, 1.54) is 16.9 Å². The number of aromatic nitrogens is 1. The van der Waals surface area contributed by atoms with E-state index in [4.69, 9.17) is 10.5 Å². The van der Waals surface area contributed by atoms with E-state index in [9.17, 15) is 4.79 Å². The van der Waals surface area contributed by atoms with Crippen LogP contribution in [0.15, 0.2) is 29.6 Å². The van der Waals surface area contributed by atoms with Crippen LogP contribution in [0.2, 0.25) is 0 Å². The zero-order valence-electron chi connectivity index (χ0n) is 14.6. The molecule has 1 amide bonds. The largest absolute Gasteiger partial charge is 0.378 e. The average molecular weight is 359 g/mol. The quantitative estimate of drug-likeness (QED) is 0.805. The fraction of sp³-hybridized carbons (Fsp3) is 0.474. The maximum absolute atomic E-state index is 12.7. The highest BCUT2D eigenvalue weighted by Crippen LogP contribution is 2.27. The molecule has 0 saturated carbocycles. The number of benzene rings is 1. The summed E-state index contributed by atoms with van der Waals surface area (Å²) in [5, 5.41) is 2.77. The van der Waals surface area contributed by atoms with E-state index in [1.54, 1.807) is 0 Å². The summed E-state index contributed by atoms with van der Waals surface area (Å²) in [6.45, 7) is 4.88. The van der Waals surface area contributed by atoms with Gasteiger partial charge < -0.3 is 15.4 Å². The number of nitrogens with zero attached hydrogens (tertiary/aromatic N) is 2. The van der Waals surface area contributed by atoms with Crippen molar-refractivity contribution in [2.24, 2.45) is 5.73 Å². The van der Waals surface area contributed by atoms with Crippen LogP contribution in [0, 0.1) is 6.92 Å². The Morgan fingerprint density at radius 2 is 2.12 bits per heavy atom. The van der Waals surface area contributed by atoms with Gasteiger partial charge in [0, 0.05) is 30.6 Å². The van der Waals surface area contributed by atoms with Crippen LogP contribution in [0.25, 0.3) is 10.6 Å². The Morgan fingerprint density at radius 1 is 1.36 bits per heavy atom. The van der Waals surface area contributed by atoms with Crippen molar-refractivity contribution < 1.29 is 9.53 Å². The number of amides is 1. The Balaban J connectivity index is 1.59. The van der Waals surface area contributed by atoms with Crippen LogP contribution in [0.5, 0.6) is 0 Å². The maximum Gasteiger partial charge on any atom is 0.273 e. The van der Waals surface area contributed by atoms with Gasteiger partial charge in [-0.1, -0.05) is 24.3 Å². The van der Waals surface area contributed by atoms with E-state index >= 15 is 0 Å². The highest BCUT2D eigenvalue weighted by Gasteiger charge is 2.25. The van der Waals surface area contributed by atoms with Gasteiger partial charge in [-0.05, 0) is 38.3 Å². The summed E-state index contributed by atoms with van der Waals surface area (Å²) >= 11 is 1.53. The molecule has 1 fully saturated rings. The number of aryl methyl sites for hydroxylation is 1. The number of carbonyl (C=O) groups is 1. The topological polar surface area (TPSA) is 68.5 Å². The molecule has 2 heterocycles. The lowest BCUT2D eigenvalue weighted by atomic mass is 10.1. The first-order valence-electron chi connectivity index (χ1n) is 8.81. The molecular formula is C19H25N3O2S. The number of thiazole rings is 1. The second kappa shape index (κ2) is 8.56. The number of carbonyl (C=O) groups excluding carboxylic acids is 1. The molecule has 0 aliphatic carbocycles. The molecule has 0 unspecified atom stereocenters. The van der Waals surface area contributed by atoms with Gasteiger partial charge in [-0.25, -0.2) is 4.98 Å². The smallest absolute Gasteiger partial charge is 0.273 e. The number of hydrogen-bond donors (Lipinski definition) is 1. The molecule has 1 aliphatic heterocycles. The lowest BCUT2D eigenvalue weighted by molar-refractivity contribution is 0.00831. The molecule has 2 aromatic rings. The molecule has 0 spiro atoms. The number of nitrogens with two attached hydrogens (primary N) is 1. The highest BCUT2D eigenvalue weighted by molar-refractivity contribution is 7.13. The monoisotopic (exact) mass is 359 g/mol. The van der Waals surface area contributed by atoms with E-state index in [2.05, 4.69) is 18.0 Å². The third-order valence-electron chi connectivity index (χ3n) is 4.53. The van der Waals surface area contributed by atoms with Gasteiger partial charge in [-0.3, -0.25) is 4.79 Å². The van der Waals surface area contributed by atoms with Gasteiger partial charge in [0.15, 0.2) is 0 Å². The SMILES string of the molecule is Cc1ccccc1-c1nc(C(=O)N2CCC(OCCCN)CC2)cs1. The molecule has 0 bridgehead atoms. The van der Waals surface area contributed by atoms with E-state index in [0.717, 1.165) is 42.9 Å². The molecule has 1 saturated heterocycles. The predicted octanol–water partition coefficient (Wildman–Crippen LogP) is 3.09. The Kier molecular flexibility index (Phi) is 6.18. The molecule has 25 heavy (non-hydrogen) atoms. The van der Waals surface area contributed by atoms with Crippen molar-refractivity contribution in [3.63, 3.8) is 0 Å². The average Bonchev–Trinajstić information content (AvgIpc) is 3.12. The molecule has 134 valence electrons. The van der Waals surface area contributed by atoms with Gasteiger partial charge in [0.25, 0.3) is 5.91 Å². The van der Waals surface area contributed by atoms with Crippen molar-refractivity contribution in [3.8, 4) is 10.6 Å². The minimum atomic E-state index is 0.0245. The molecule has 0 atom stereocenters. The summed E-state index contributed by atoms with van der Waals surface area (Å²) in [5.74, 6) is 0.0245. The lowest BCUT2D eigenvalue weighted by Crippen LogP contribution is -2.41. The Bertz CT molecular complexity index is 708. The molecule has 3 rings (SSSR count). The standard InChI is InChI=1S/C19H25N3O2S/c1-14-5-2-3-6-16(14)18-21-17(13-25-18)19(23)22-10-7-15(8-11-22)24-12-4-9-20/h2-3,5-6,13,15H,4,7-12,20H2,1H3. The maximum atomic E-state index is 12.7. The third-order valence-corrected chi connectivity index (χ3v) is 5.41. The van der Waals surface area contributed by atoms with Gasteiger partial charge in [0.05, 0.1) is 6.10 Å². The van der Waals surface area contributed by atoms with Crippen LogP contribution >= 0.6 is 11.3 Å². The van der Waals surface area contributed by atoms with Gasteiger partial charge in [-0.2, -0.15) is 0 Å². The number of piperidine rings is 1. The zero-order chi connectivity index (χ0) is 17.6. The first-order valence-corrected chi connectivity index (χ1v) is 9.69. The van der Waals surface area contributed by atoms with Crippen molar-refractivity contribution in [3.05, 3.63) is 40.9 Å². The van der Waals surface area contributed by atoms with Gasteiger partial charge in [0.2, 0.25) is 0 Å². The Labute approximate surface area is 152 Å². The fourth-order valence-corrected chi connectivity index (χ4v) is 3.91. The molecular weight excluding hydrogens is 334 g/mol.